The van der Waals surface area contributed by atoms with E-state index in [0.717, 1.165) is 36.9 Å². The second-order valence-electron chi connectivity index (χ2n) is 5.17. The molecule has 0 saturated carbocycles. The van der Waals surface area contributed by atoms with Crippen LogP contribution in [0.4, 0.5) is 5.69 Å². The van der Waals surface area contributed by atoms with E-state index >= 15 is 0 Å². The van der Waals surface area contributed by atoms with Gasteiger partial charge in [-0.25, -0.2) is 0 Å². The minimum absolute atomic E-state index is 0.111. The maximum absolute atomic E-state index is 12.1. The van der Waals surface area contributed by atoms with Crippen LogP contribution < -0.4 is 10.6 Å². The second-order valence-corrected chi connectivity index (χ2v) is 5.17. The van der Waals surface area contributed by atoms with Gasteiger partial charge >= 0.3 is 0 Å². The van der Waals surface area contributed by atoms with E-state index in [1.54, 1.807) is 0 Å². The fourth-order valence-electron chi connectivity index (χ4n) is 2.19. The van der Waals surface area contributed by atoms with Crippen molar-refractivity contribution in [3.8, 4) is 0 Å². The van der Waals surface area contributed by atoms with E-state index in [1.165, 1.54) is 0 Å². The van der Waals surface area contributed by atoms with E-state index in [9.17, 15) is 4.79 Å². The smallest absolute Gasteiger partial charge is 0.267 e. The topological polar surface area (TPSA) is 41.1 Å². The van der Waals surface area contributed by atoms with Crippen molar-refractivity contribution in [2.75, 3.05) is 5.32 Å². The summed E-state index contributed by atoms with van der Waals surface area (Å²) in [5, 5.41) is 6.15. The molecule has 20 heavy (non-hydrogen) atoms. The van der Waals surface area contributed by atoms with Crippen LogP contribution in [0.2, 0.25) is 0 Å². The lowest BCUT2D eigenvalue weighted by molar-refractivity contribution is -0.118. The number of hydrogen-bond acceptors (Lipinski definition) is 2. The molecule has 110 valence electrons. The normalized spacial score (nSPS) is 10.4. The minimum Gasteiger partial charge on any atom is -0.351 e. The highest BCUT2D eigenvalue weighted by atomic mass is 16.2. The molecule has 1 amide bonds. The highest BCUT2D eigenvalue weighted by Gasteiger charge is 2.13. The quantitative estimate of drug-likeness (QED) is 0.703. The van der Waals surface area contributed by atoms with Gasteiger partial charge in [-0.05, 0) is 31.4 Å². The van der Waals surface area contributed by atoms with Gasteiger partial charge in [-0.2, -0.15) is 0 Å². The molecule has 0 aliphatic heterocycles. The number of nitrogens with one attached hydrogen (secondary N) is 2. The zero-order valence-electron chi connectivity index (χ0n) is 12.8. The van der Waals surface area contributed by atoms with Crippen molar-refractivity contribution in [2.45, 2.75) is 52.5 Å². The van der Waals surface area contributed by atoms with Crippen molar-refractivity contribution in [2.24, 2.45) is 0 Å². The Morgan fingerprint density at radius 2 is 1.80 bits per heavy atom. The molecular weight excluding hydrogens is 248 g/mol. The number of aryl methyl sites for hydroxylation is 1. The van der Waals surface area contributed by atoms with Crippen molar-refractivity contribution in [1.82, 2.24) is 5.32 Å². The molecule has 0 bridgehead atoms. The Bertz CT molecular complexity index is 448. The summed E-state index contributed by atoms with van der Waals surface area (Å²) in [5.41, 5.74) is 2.42. The first-order valence-electron chi connectivity index (χ1n) is 7.40. The third kappa shape index (κ3) is 5.08. The minimum atomic E-state index is -0.111. The number of hydrogen-bond donors (Lipinski definition) is 2. The van der Waals surface area contributed by atoms with Crippen LogP contribution in [0, 0.1) is 6.92 Å². The fraction of sp³-hybridized carbons (Fsp3) is 0.471. The van der Waals surface area contributed by atoms with E-state index in [2.05, 4.69) is 31.1 Å². The maximum Gasteiger partial charge on any atom is 0.267 e. The molecule has 3 heteroatoms. The molecule has 0 fully saturated rings. The largest absolute Gasteiger partial charge is 0.351 e. The second kappa shape index (κ2) is 8.41. The van der Waals surface area contributed by atoms with E-state index in [4.69, 9.17) is 0 Å². The molecular formula is C17H26N2O. The maximum atomic E-state index is 12.1. The Morgan fingerprint density at radius 1 is 1.20 bits per heavy atom. The van der Waals surface area contributed by atoms with Gasteiger partial charge in [0.05, 0.1) is 5.70 Å². The first-order valence-corrected chi connectivity index (χ1v) is 7.40. The Labute approximate surface area is 122 Å². The Kier molecular flexibility index (Phi) is 6.85. The molecule has 0 spiro atoms. The SMILES string of the molecule is C=C(Nc1ccccc1C)C(=O)NC(CCC)CCC. The van der Waals surface area contributed by atoms with Crippen LogP contribution in [0.3, 0.4) is 0 Å². The number of para-hydroxylation sites is 1. The highest BCUT2D eigenvalue weighted by molar-refractivity contribution is 5.96. The average molecular weight is 274 g/mol. The predicted molar refractivity (Wildman–Crippen MR) is 85.7 cm³/mol. The molecule has 2 N–H and O–H groups in total. The molecule has 0 heterocycles. The molecule has 0 unspecified atom stereocenters. The van der Waals surface area contributed by atoms with Gasteiger partial charge in [0.15, 0.2) is 0 Å². The van der Waals surface area contributed by atoms with E-state index in [-0.39, 0.29) is 11.9 Å². The Hall–Kier alpha value is -1.77. The third-order valence-electron chi connectivity index (χ3n) is 3.31. The molecule has 1 aromatic rings. The molecule has 0 aliphatic carbocycles. The molecule has 0 aliphatic rings. The van der Waals surface area contributed by atoms with Gasteiger partial charge in [0.25, 0.3) is 5.91 Å². The van der Waals surface area contributed by atoms with Crippen molar-refractivity contribution in [3.63, 3.8) is 0 Å². The van der Waals surface area contributed by atoms with E-state index < -0.39 is 0 Å². The summed E-state index contributed by atoms with van der Waals surface area (Å²) in [5.74, 6) is -0.111. The standard InChI is InChI=1S/C17H26N2O/c1-5-9-15(10-6-2)19-17(20)14(4)18-16-12-8-7-11-13(16)3/h7-8,11-12,15,18H,4-6,9-10H2,1-3H3,(H,19,20). The van der Waals surface area contributed by atoms with Crippen LogP contribution in [0.25, 0.3) is 0 Å². The first-order chi connectivity index (χ1) is 9.58. The summed E-state index contributed by atoms with van der Waals surface area (Å²) in [7, 11) is 0. The van der Waals surface area contributed by atoms with Gasteiger partial charge in [-0.3, -0.25) is 4.79 Å². The molecule has 0 aromatic heterocycles. The number of amides is 1. The fourth-order valence-corrected chi connectivity index (χ4v) is 2.19. The summed E-state index contributed by atoms with van der Waals surface area (Å²) in [6.07, 6.45) is 4.17. The molecule has 1 rings (SSSR count). The van der Waals surface area contributed by atoms with Gasteiger partial charge < -0.3 is 10.6 Å². The lowest BCUT2D eigenvalue weighted by Gasteiger charge is -2.19. The van der Waals surface area contributed by atoms with Crippen LogP contribution >= 0.6 is 0 Å². The van der Waals surface area contributed by atoms with E-state index in [0.29, 0.717) is 5.70 Å². The van der Waals surface area contributed by atoms with Gasteiger partial charge in [-0.1, -0.05) is 51.5 Å². The zero-order chi connectivity index (χ0) is 15.0. The average Bonchev–Trinajstić information content (AvgIpc) is 2.41. The number of carbonyl (C=O) groups is 1. The lowest BCUT2D eigenvalue weighted by Crippen LogP contribution is -2.37. The van der Waals surface area contributed by atoms with Crippen LogP contribution in [0.15, 0.2) is 36.5 Å². The number of rotatable bonds is 8. The van der Waals surface area contributed by atoms with Crippen molar-refractivity contribution >= 4 is 11.6 Å². The number of benzene rings is 1. The summed E-state index contributed by atoms with van der Waals surface area (Å²) in [4.78, 5) is 12.1. The van der Waals surface area contributed by atoms with Crippen LogP contribution in [-0.4, -0.2) is 11.9 Å². The summed E-state index contributed by atoms with van der Waals surface area (Å²) >= 11 is 0. The summed E-state index contributed by atoms with van der Waals surface area (Å²) in [6.45, 7) is 10.1. The van der Waals surface area contributed by atoms with Crippen molar-refractivity contribution < 1.29 is 4.79 Å². The predicted octanol–water partition coefficient (Wildman–Crippen LogP) is 4.01. The van der Waals surface area contributed by atoms with Gasteiger partial charge in [-0.15, -0.1) is 0 Å². The van der Waals surface area contributed by atoms with Crippen LogP contribution in [0.5, 0.6) is 0 Å². The molecule has 3 nitrogen and oxygen atoms in total. The molecule has 0 radical (unpaired) electrons. The van der Waals surface area contributed by atoms with Gasteiger partial charge in [0, 0.05) is 11.7 Å². The summed E-state index contributed by atoms with van der Waals surface area (Å²) in [6, 6.07) is 8.11. The highest BCUT2D eigenvalue weighted by Crippen LogP contribution is 2.15. The Balaban J connectivity index is 2.58. The van der Waals surface area contributed by atoms with Crippen molar-refractivity contribution in [3.05, 3.63) is 42.1 Å². The lowest BCUT2D eigenvalue weighted by atomic mass is 10.1. The molecule has 0 atom stereocenters. The Morgan fingerprint density at radius 3 is 2.35 bits per heavy atom. The molecule has 1 aromatic carbocycles. The van der Waals surface area contributed by atoms with E-state index in [1.807, 2.05) is 31.2 Å². The zero-order valence-corrected chi connectivity index (χ0v) is 12.8. The number of anilines is 1. The summed E-state index contributed by atoms with van der Waals surface area (Å²) < 4.78 is 0. The number of carbonyl (C=O) groups excluding carboxylic acids is 1. The first kappa shape index (κ1) is 16.3. The van der Waals surface area contributed by atoms with Gasteiger partial charge in [0.1, 0.15) is 0 Å². The molecule has 0 saturated heterocycles. The van der Waals surface area contributed by atoms with Crippen LogP contribution in [-0.2, 0) is 4.79 Å². The monoisotopic (exact) mass is 274 g/mol. The van der Waals surface area contributed by atoms with Gasteiger partial charge in [0.2, 0.25) is 0 Å². The third-order valence-corrected chi connectivity index (χ3v) is 3.31. The van der Waals surface area contributed by atoms with Crippen molar-refractivity contribution in [1.29, 1.82) is 0 Å². The van der Waals surface area contributed by atoms with Crippen LogP contribution in [0.1, 0.15) is 45.1 Å².